The highest BCUT2D eigenvalue weighted by atomic mass is 127. The van der Waals surface area contributed by atoms with E-state index in [1.165, 1.54) is 37.0 Å². The predicted molar refractivity (Wildman–Crippen MR) is 110 cm³/mol. The molecule has 0 N–H and O–H groups in total. The summed E-state index contributed by atoms with van der Waals surface area (Å²) in [5, 5.41) is 0.779. The minimum Gasteiger partial charge on any atom is -0.322 e. The first kappa shape index (κ1) is 17.7. The summed E-state index contributed by atoms with van der Waals surface area (Å²) in [6.07, 6.45) is 2.61. The summed E-state index contributed by atoms with van der Waals surface area (Å²) < 4.78 is 2.34. The minimum atomic E-state index is 0. The van der Waals surface area contributed by atoms with Crippen molar-refractivity contribution >= 4 is 46.6 Å². The van der Waals surface area contributed by atoms with Gasteiger partial charge in [0.2, 0.25) is 0 Å². The topological polar surface area (TPSA) is 21.1 Å². The van der Waals surface area contributed by atoms with E-state index in [1.54, 1.807) is 0 Å². The molecule has 2 heterocycles. The monoisotopic (exact) mass is 453 g/mol. The van der Waals surface area contributed by atoms with E-state index in [4.69, 9.17) is 16.6 Å². The van der Waals surface area contributed by atoms with Crippen molar-refractivity contribution in [2.75, 3.05) is 13.1 Å². The van der Waals surface area contributed by atoms with Gasteiger partial charge in [-0.1, -0.05) is 35.9 Å². The maximum Gasteiger partial charge on any atom is 0.124 e. The summed E-state index contributed by atoms with van der Waals surface area (Å²) in [5.74, 6) is 1.16. The van der Waals surface area contributed by atoms with Gasteiger partial charge >= 0.3 is 0 Å². The fourth-order valence-electron chi connectivity index (χ4n) is 3.34. The second-order valence-electron chi connectivity index (χ2n) is 6.21. The molecule has 0 radical (unpaired) electrons. The fraction of sp³-hybridized carbons (Fsp3) is 0.316. The number of likely N-dealkylation sites (tertiary alicyclic amines) is 1. The number of hydrogen-bond acceptors (Lipinski definition) is 2. The van der Waals surface area contributed by atoms with Crippen LogP contribution in [0.25, 0.3) is 11.0 Å². The van der Waals surface area contributed by atoms with Crippen LogP contribution in [0.15, 0.2) is 48.5 Å². The van der Waals surface area contributed by atoms with Crippen LogP contribution in [0.3, 0.4) is 0 Å². The zero-order valence-electron chi connectivity index (χ0n) is 13.5. The van der Waals surface area contributed by atoms with Gasteiger partial charge < -0.3 is 4.57 Å². The zero-order valence-corrected chi connectivity index (χ0v) is 16.6. The summed E-state index contributed by atoms with van der Waals surface area (Å²) in [6, 6.07) is 16.5. The molecule has 3 nitrogen and oxygen atoms in total. The lowest BCUT2D eigenvalue weighted by Crippen LogP contribution is -2.21. The molecule has 0 saturated carbocycles. The van der Waals surface area contributed by atoms with Crippen molar-refractivity contribution in [2.24, 2.45) is 0 Å². The molecule has 5 heteroatoms. The van der Waals surface area contributed by atoms with Gasteiger partial charge in [-0.15, -0.1) is 24.0 Å². The summed E-state index contributed by atoms with van der Waals surface area (Å²) in [6.45, 7) is 4.14. The van der Waals surface area contributed by atoms with Crippen molar-refractivity contribution in [3.05, 3.63) is 64.9 Å². The molecule has 2 aromatic carbocycles. The van der Waals surface area contributed by atoms with Crippen molar-refractivity contribution in [2.45, 2.75) is 25.9 Å². The standard InChI is InChI=1S/C19H20ClN3.HI/c20-16-9-7-15(8-10-16)13-23-18-6-2-1-5-17(18)21-19(23)14-22-11-3-4-12-22;/h1-2,5-10H,3-4,11-14H2;1H. The third-order valence-electron chi connectivity index (χ3n) is 4.55. The Morgan fingerprint density at radius 1 is 0.917 bits per heavy atom. The van der Waals surface area contributed by atoms with Crippen LogP contribution in [0.1, 0.15) is 24.2 Å². The van der Waals surface area contributed by atoms with E-state index in [0.29, 0.717) is 0 Å². The first-order valence-electron chi connectivity index (χ1n) is 8.20. The predicted octanol–water partition coefficient (Wildman–Crippen LogP) is 4.95. The Hall–Kier alpha value is -1.11. The molecular weight excluding hydrogens is 433 g/mol. The maximum atomic E-state index is 6.01. The Bertz CT molecular complexity index is 807. The van der Waals surface area contributed by atoms with Crippen LogP contribution >= 0.6 is 35.6 Å². The Balaban J connectivity index is 0.00000169. The summed E-state index contributed by atoms with van der Waals surface area (Å²) in [5.41, 5.74) is 3.53. The minimum absolute atomic E-state index is 0. The number of fused-ring (bicyclic) bond motifs is 1. The number of hydrogen-bond donors (Lipinski definition) is 0. The van der Waals surface area contributed by atoms with Crippen LogP contribution in [0.5, 0.6) is 0 Å². The van der Waals surface area contributed by atoms with Gasteiger partial charge in [0, 0.05) is 11.6 Å². The molecular formula is C19H21ClIN3. The zero-order chi connectivity index (χ0) is 15.6. The molecule has 1 aliphatic rings. The number of aromatic nitrogens is 2. The first-order chi connectivity index (χ1) is 11.3. The van der Waals surface area contributed by atoms with Gasteiger partial charge in [-0.25, -0.2) is 4.98 Å². The molecule has 0 spiro atoms. The van der Waals surface area contributed by atoms with Crippen LogP contribution < -0.4 is 0 Å². The average Bonchev–Trinajstić information content (AvgIpc) is 3.19. The smallest absolute Gasteiger partial charge is 0.124 e. The Kier molecular flexibility index (Phi) is 5.79. The largest absolute Gasteiger partial charge is 0.322 e. The molecule has 1 saturated heterocycles. The molecule has 126 valence electrons. The van der Waals surface area contributed by atoms with Gasteiger partial charge in [-0.3, -0.25) is 4.90 Å². The number of imidazole rings is 1. The molecule has 1 aromatic heterocycles. The van der Waals surface area contributed by atoms with E-state index in [9.17, 15) is 0 Å². The van der Waals surface area contributed by atoms with Gasteiger partial charge in [0.1, 0.15) is 5.82 Å². The molecule has 0 amide bonds. The van der Waals surface area contributed by atoms with E-state index in [-0.39, 0.29) is 24.0 Å². The molecule has 24 heavy (non-hydrogen) atoms. The SMILES string of the molecule is Clc1ccc(Cn2c(CN3CCCC3)nc3ccccc32)cc1.I. The van der Waals surface area contributed by atoms with Crippen LogP contribution in [0, 0.1) is 0 Å². The van der Waals surface area contributed by atoms with Gasteiger partial charge in [-0.05, 0) is 55.8 Å². The van der Waals surface area contributed by atoms with Gasteiger partial charge in [0.25, 0.3) is 0 Å². The van der Waals surface area contributed by atoms with Crippen LogP contribution in [0.2, 0.25) is 5.02 Å². The Labute approximate surface area is 164 Å². The van der Waals surface area contributed by atoms with Crippen molar-refractivity contribution in [3.8, 4) is 0 Å². The quantitative estimate of drug-likeness (QED) is 0.521. The molecule has 0 atom stereocenters. The van der Waals surface area contributed by atoms with Crippen LogP contribution in [-0.2, 0) is 13.1 Å². The van der Waals surface area contributed by atoms with E-state index in [2.05, 4.69) is 45.9 Å². The fourth-order valence-corrected chi connectivity index (χ4v) is 3.46. The highest BCUT2D eigenvalue weighted by molar-refractivity contribution is 14.0. The van der Waals surface area contributed by atoms with E-state index in [1.807, 2.05) is 12.1 Å². The molecule has 0 unspecified atom stereocenters. The third kappa shape index (κ3) is 3.76. The third-order valence-corrected chi connectivity index (χ3v) is 4.80. The average molecular weight is 454 g/mol. The maximum absolute atomic E-state index is 6.01. The summed E-state index contributed by atoms with van der Waals surface area (Å²) >= 11 is 6.01. The normalized spacial score (nSPS) is 14.9. The molecule has 0 aliphatic carbocycles. The van der Waals surface area contributed by atoms with E-state index >= 15 is 0 Å². The number of benzene rings is 2. The molecule has 4 rings (SSSR count). The van der Waals surface area contributed by atoms with Crippen LogP contribution in [-0.4, -0.2) is 27.5 Å². The van der Waals surface area contributed by atoms with Crippen molar-refractivity contribution in [3.63, 3.8) is 0 Å². The summed E-state index contributed by atoms with van der Waals surface area (Å²) in [7, 11) is 0. The van der Waals surface area contributed by atoms with Gasteiger partial charge in [0.15, 0.2) is 0 Å². The van der Waals surface area contributed by atoms with Crippen molar-refractivity contribution in [1.29, 1.82) is 0 Å². The van der Waals surface area contributed by atoms with E-state index in [0.717, 1.165) is 29.5 Å². The molecule has 1 aliphatic heterocycles. The van der Waals surface area contributed by atoms with Gasteiger partial charge in [-0.2, -0.15) is 0 Å². The van der Waals surface area contributed by atoms with Crippen molar-refractivity contribution in [1.82, 2.24) is 14.5 Å². The Morgan fingerprint density at radius 3 is 2.38 bits per heavy atom. The van der Waals surface area contributed by atoms with Crippen molar-refractivity contribution < 1.29 is 0 Å². The second-order valence-corrected chi connectivity index (χ2v) is 6.65. The molecule has 3 aromatic rings. The lowest BCUT2D eigenvalue weighted by Gasteiger charge is -2.16. The van der Waals surface area contributed by atoms with Crippen LogP contribution in [0.4, 0.5) is 0 Å². The number of rotatable bonds is 4. The van der Waals surface area contributed by atoms with E-state index < -0.39 is 0 Å². The highest BCUT2D eigenvalue weighted by Crippen LogP contribution is 2.21. The lowest BCUT2D eigenvalue weighted by molar-refractivity contribution is 0.318. The lowest BCUT2D eigenvalue weighted by atomic mass is 10.2. The number of nitrogens with zero attached hydrogens (tertiary/aromatic N) is 3. The number of halogens is 2. The molecule has 0 bridgehead atoms. The van der Waals surface area contributed by atoms with Gasteiger partial charge in [0.05, 0.1) is 17.6 Å². The highest BCUT2D eigenvalue weighted by Gasteiger charge is 2.17. The molecule has 1 fully saturated rings. The Morgan fingerprint density at radius 2 is 1.62 bits per heavy atom. The second kappa shape index (κ2) is 7.85. The number of para-hydroxylation sites is 2. The summed E-state index contributed by atoms with van der Waals surface area (Å²) in [4.78, 5) is 7.38. The first-order valence-corrected chi connectivity index (χ1v) is 8.58.